The molecule has 0 aliphatic carbocycles. The lowest BCUT2D eigenvalue weighted by Crippen LogP contribution is -2.34. The molecule has 0 amide bonds. The molecule has 0 saturated carbocycles. The van der Waals surface area contributed by atoms with Gasteiger partial charge >= 0.3 is 0 Å². The molecule has 0 bridgehead atoms. The number of anilines is 1. The number of aliphatic hydroxyl groups is 1. The van der Waals surface area contributed by atoms with Crippen molar-refractivity contribution in [2.75, 3.05) is 31.3 Å². The SMILES string of the molecule is CSCC(C)N(C)CC(O)c1ccccc1N. The number of benzene rings is 1. The molecule has 0 aliphatic rings. The second kappa shape index (κ2) is 6.89. The molecule has 1 rings (SSSR count). The Balaban J connectivity index is 2.60. The lowest BCUT2D eigenvalue weighted by atomic mass is 10.1. The third-order valence-electron chi connectivity index (χ3n) is 2.98. The highest BCUT2D eigenvalue weighted by Crippen LogP contribution is 2.21. The van der Waals surface area contributed by atoms with E-state index in [1.54, 1.807) is 0 Å². The van der Waals surface area contributed by atoms with Gasteiger partial charge < -0.3 is 10.8 Å². The minimum absolute atomic E-state index is 0.449. The molecule has 0 heterocycles. The quantitative estimate of drug-likeness (QED) is 0.762. The number of nitrogens with two attached hydrogens (primary N) is 1. The summed E-state index contributed by atoms with van der Waals surface area (Å²) in [6.07, 6.45) is 1.57. The van der Waals surface area contributed by atoms with Crippen molar-refractivity contribution in [2.24, 2.45) is 0 Å². The minimum atomic E-state index is -0.523. The number of rotatable bonds is 6. The van der Waals surface area contributed by atoms with Crippen LogP contribution in [-0.4, -0.2) is 41.6 Å². The normalized spacial score (nSPS) is 14.9. The molecule has 4 heteroatoms. The average molecular weight is 254 g/mol. The van der Waals surface area contributed by atoms with E-state index in [1.807, 2.05) is 43.1 Å². The summed E-state index contributed by atoms with van der Waals surface area (Å²) in [7, 11) is 2.03. The van der Waals surface area contributed by atoms with Crippen LogP contribution in [-0.2, 0) is 0 Å². The number of hydrogen-bond donors (Lipinski definition) is 2. The van der Waals surface area contributed by atoms with E-state index in [9.17, 15) is 5.11 Å². The Labute approximate surface area is 108 Å². The molecule has 96 valence electrons. The molecule has 1 aromatic carbocycles. The maximum absolute atomic E-state index is 10.2. The Hall–Kier alpha value is -0.710. The molecule has 3 nitrogen and oxygen atoms in total. The van der Waals surface area contributed by atoms with Crippen LogP contribution < -0.4 is 5.73 Å². The second-order valence-corrected chi connectivity index (χ2v) is 5.30. The van der Waals surface area contributed by atoms with E-state index in [-0.39, 0.29) is 0 Å². The number of thioether (sulfide) groups is 1. The molecule has 2 atom stereocenters. The maximum Gasteiger partial charge on any atom is 0.0936 e. The van der Waals surface area contributed by atoms with Gasteiger partial charge in [0, 0.05) is 29.6 Å². The molecule has 0 aromatic heterocycles. The van der Waals surface area contributed by atoms with Gasteiger partial charge in [0.2, 0.25) is 0 Å². The monoisotopic (exact) mass is 254 g/mol. The zero-order chi connectivity index (χ0) is 12.8. The van der Waals surface area contributed by atoms with Crippen molar-refractivity contribution in [3.8, 4) is 0 Å². The van der Waals surface area contributed by atoms with Gasteiger partial charge in [-0.25, -0.2) is 0 Å². The van der Waals surface area contributed by atoms with Crippen LogP contribution in [0.2, 0.25) is 0 Å². The van der Waals surface area contributed by atoms with Crippen molar-refractivity contribution in [1.29, 1.82) is 0 Å². The van der Waals surface area contributed by atoms with E-state index in [4.69, 9.17) is 5.73 Å². The third-order valence-corrected chi connectivity index (χ3v) is 3.79. The highest BCUT2D eigenvalue weighted by molar-refractivity contribution is 7.98. The molecule has 3 N–H and O–H groups in total. The van der Waals surface area contributed by atoms with E-state index in [0.717, 1.165) is 11.3 Å². The summed E-state index contributed by atoms with van der Waals surface area (Å²) in [6, 6.07) is 7.94. The van der Waals surface area contributed by atoms with Gasteiger partial charge in [-0.15, -0.1) is 0 Å². The van der Waals surface area contributed by atoms with E-state index >= 15 is 0 Å². The van der Waals surface area contributed by atoms with Crippen molar-refractivity contribution in [1.82, 2.24) is 4.90 Å². The number of likely N-dealkylation sites (N-methyl/N-ethyl adjacent to an activating group) is 1. The van der Waals surface area contributed by atoms with Crippen LogP contribution in [0.3, 0.4) is 0 Å². The van der Waals surface area contributed by atoms with Crippen molar-refractivity contribution in [3.63, 3.8) is 0 Å². The number of para-hydroxylation sites is 1. The summed E-state index contributed by atoms with van der Waals surface area (Å²) in [5.74, 6) is 1.06. The van der Waals surface area contributed by atoms with Gasteiger partial charge in [-0.2, -0.15) is 11.8 Å². The van der Waals surface area contributed by atoms with Gasteiger partial charge in [0.05, 0.1) is 6.10 Å². The smallest absolute Gasteiger partial charge is 0.0936 e. The van der Waals surface area contributed by atoms with Gasteiger partial charge in [0.15, 0.2) is 0 Å². The van der Waals surface area contributed by atoms with Gasteiger partial charge in [0.1, 0.15) is 0 Å². The highest BCUT2D eigenvalue weighted by Gasteiger charge is 2.16. The Morgan fingerprint density at radius 1 is 1.41 bits per heavy atom. The zero-order valence-corrected chi connectivity index (χ0v) is 11.6. The summed E-state index contributed by atoms with van der Waals surface area (Å²) in [4.78, 5) is 2.16. The fourth-order valence-corrected chi connectivity index (χ4v) is 2.47. The summed E-state index contributed by atoms with van der Waals surface area (Å²) < 4.78 is 0. The molecule has 0 spiro atoms. The summed E-state index contributed by atoms with van der Waals surface area (Å²) in [5, 5.41) is 10.2. The first kappa shape index (κ1) is 14.4. The molecule has 17 heavy (non-hydrogen) atoms. The molecule has 1 aromatic rings. The number of hydrogen-bond acceptors (Lipinski definition) is 4. The first-order chi connectivity index (χ1) is 8.06. The lowest BCUT2D eigenvalue weighted by molar-refractivity contribution is 0.114. The number of nitrogen functional groups attached to an aromatic ring is 1. The van der Waals surface area contributed by atoms with Crippen molar-refractivity contribution in [3.05, 3.63) is 29.8 Å². The second-order valence-electron chi connectivity index (χ2n) is 4.39. The van der Waals surface area contributed by atoms with E-state index < -0.39 is 6.10 Å². The maximum atomic E-state index is 10.2. The molecule has 0 aliphatic heterocycles. The highest BCUT2D eigenvalue weighted by atomic mass is 32.2. The van der Waals surface area contributed by atoms with Gasteiger partial charge in [-0.3, -0.25) is 4.90 Å². The van der Waals surface area contributed by atoms with Gasteiger partial charge in [0.25, 0.3) is 0 Å². The Morgan fingerprint density at radius 3 is 2.65 bits per heavy atom. The molecular weight excluding hydrogens is 232 g/mol. The van der Waals surface area contributed by atoms with Crippen LogP contribution in [0.25, 0.3) is 0 Å². The molecule has 2 unspecified atom stereocenters. The van der Waals surface area contributed by atoms with Gasteiger partial charge in [-0.05, 0) is 26.3 Å². The van der Waals surface area contributed by atoms with Crippen molar-refractivity contribution >= 4 is 17.4 Å². The minimum Gasteiger partial charge on any atom is -0.398 e. The van der Waals surface area contributed by atoms with Crippen LogP contribution in [0.4, 0.5) is 5.69 Å². The molecule has 0 fully saturated rings. The van der Waals surface area contributed by atoms with Crippen molar-refractivity contribution < 1.29 is 5.11 Å². The first-order valence-electron chi connectivity index (χ1n) is 5.78. The average Bonchev–Trinajstić information content (AvgIpc) is 2.29. The summed E-state index contributed by atoms with van der Waals surface area (Å²) in [5.41, 5.74) is 7.32. The predicted molar refractivity (Wildman–Crippen MR) is 76.3 cm³/mol. The Bertz CT molecular complexity index is 346. The summed E-state index contributed by atoms with van der Waals surface area (Å²) in [6.45, 7) is 2.77. The largest absolute Gasteiger partial charge is 0.398 e. The van der Waals surface area contributed by atoms with E-state index in [1.165, 1.54) is 0 Å². The third kappa shape index (κ3) is 4.22. The van der Waals surface area contributed by atoms with Crippen LogP contribution in [0.1, 0.15) is 18.6 Å². The fourth-order valence-electron chi connectivity index (χ4n) is 1.73. The molecule has 0 radical (unpaired) electrons. The van der Waals surface area contributed by atoms with E-state index in [0.29, 0.717) is 18.3 Å². The van der Waals surface area contributed by atoms with Crippen molar-refractivity contribution in [2.45, 2.75) is 19.1 Å². The van der Waals surface area contributed by atoms with Crippen LogP contribution in [0, 0.1) is 0 Å². The molecular formula is C13H22N2OS. The van der Waals surface area contributed by atoms with Gasteiger partial charge in [-0.1, -0.05) is 18.2 Å². The van der Waals surface area contributed by atoms with Crippen LogP contribution in [0.5, 0.6) is 0 Å². The van der Waals surface area contributed by atoms with Crippen LogP contribution >= 0.6 is 11.8 Å². The first-order valence-corrected chi connectivity index (χ1v) is 7.17. The fraction of sp³-hybridized carbons (Fsp3) is 0.538. The number of nitrogens with zero attached hydrogens (tertiary/aromatic N) is 1. The Kier molecular flexibility index (Phi) is 5.82. The van der Waals surface area contributed by atoms with Crippen LogP contribution in [0.15, 0.2) is 24.3 Å². The zero-order valence-electron chi connectivity index (χ0n) is 10.8. The topological polar surface area (TPSA) is 49.5 Å². The predicted octanol–water partition coefficient (Wildman–Crippen LogP) is 1.99. The summed E-state index contributed by atoms with van der Waals surface area (Å²) >= 11 is 1.82. The lowest BCUT2D eigenvalue weighted by Gasteiger charge is -2.27. The standard InChI is InChI=1S/C13H22N2OS/c1-10(9-17-3)15(2)8-13(16)11-6-4-5-7-12(11)14/h4-7,10,13,16H,8-9,14H2,1-3H3. The number of aliphatic hydroxyl groups excluding tert-OH is 1. The Morgan fingerprint density at radius 2 is 2.06 bits per heavy atom. The molecule has 0 saturated heterocycles. The van der Waals surface area contributed by atoms with E-state index in [2.05, 4.69) is 18.1 Å².